The fraction of sp³-hybridized carbons (Fsp3) is 0.333. The van der Waals surface area contributed by atoms with Crippen molar-refractivity contribution in [2.45, 2.75) is 61.6 Å². The maximum absolute atomic E-state index is 15.5. The Kier molecular flexibility index (Phi) is 8.94. The highest BCUT2D eigenvalue weighted by atomic mass is 32.2. The van der Waals surface area contributed by atoms with Gasteiger partial charge in [-0.25, -0.2) is 8.42 Å². The number of alkyl halides is 2. The molecule has 0 saturated heterocycles. The van der Waals surface area contributed by atoms with Crippen molar-refractivity contribution < 1.29 is 22.3 Å². The lowest BCUT2D eigenvalue weighted by Gasteiger charge is -2.38. The van der Waals surface area contributed by atoms with Crippen molar-refractivity contribution in [2.24, 2.45) is 0 Å². The normalized spacial score (nSPS) is 14.1. The number of rotatable bonds is 12. The highest BCUT2D eigenvalue weighted by molar-refractivity contribution is 7.92. The molecule has 182 valence electrons. The van der Waals surface area contributed by atoms with Gasteiger partial charge in [0.25, 0.3) is 0 Å². The van der Waals surface area contributed by atoms with Crippen LogP contribution in [-0.2, 0) is 22.9 Å². The van der Waals surface area contributed by atoms with Gasteiger partial charge >= 0.3 is 5.25 Å². The molecule has 34 heavy (non-hydrogen) atoms. The highest BCUT2D eigenvalue weighted by Gasteiger charge is 2.55. The van der Waals surface area contributed by atoms with E-state index in [1.807, 2.05) is 67.6 Å². The molecule has 0 aliphatic rings. The average molecular weight is 488 g/mol. The van der Waals surface area contributed by atoms with Crippen molar-refractivity contribution in [3.63, 3.8) is 0 Å². The first-order valence-electron chi connectivity index (χ1n) is 11.4. The molecule has 0 aromatic heterocycles. The molecule has 0 amide bonds. The maximum Gasteiger partial charge on any atom is 0.376 e. The third-order valence-electron chi connectivity index (χ3n) is 5.90. The van der Waals surface area contributed by atoms with Crippen LogP contribution in [0.1, 0.15) is 37.3 Å². The molecule has 0 unspecified atom stereocenters. The number of nitrogens with zero attached hydrogens (tertiary/aromatic N) is 1. The van der Waals surface area contributed by atoms with E-state index >= 15 is 8.78 Å². The van der Waals surface area contributed by atoms with Gasteiger partial charge in [0.15, 0.2) is 0 Å². The van der Waals surface area contributed by atoms with Gasteiger partial charge in [0.1, 0.15) is 6.10 Å². The van der Waals surface area contributed by atoms with Gasteiger partial charge in [-0.1, -0.05) is 98.6 Å². The number of sulfone groups is 1. The summed E-state index contributed by atoms with van der Waals surface area (Å²) in [6, 6.07) is 24.3. The first-order valence-corrected chi connectivity index (χ1v) is 12.9. The predicted molar refractivity (Wildman–Crippen MR) is 130 cm³/mol. The first-order chi connectivity index (χ1) is 16.3. The van der Waals surface area contributed by atoms with Crippen molar-refractivity contribution >= 4 is 9.84 Å². The lowest BCUT2D eigenvalue weighted by molar-refractivity contribution is -0.0906. The zero-order valence-corrected chi connectivity index (χ0v) is 20.0. The Hall–Kier alpha value is -2.61. The van der Waals surface area contributed by atoms with Crippen molar-refractivity contribution in [2.75, 3.05) is 0 Å². The summed E-state index contributed by atoms with van der Waals surface area (Å²) >= 11 is 0. The number of aliphatic hydroxyl groups is 1. The number of aliphatic hydroxyl groups excluding tert-OH is 1. The molecule has 7 heteroatoms. The molecular formula is C27H31F2NO3S. The molecular weight excluding hydrogens is 456 g/mol. The molecule has 0 heterocycles. The van der Waals surface area contributed by atoms with Crippen LogP contribution in [0.2, 0.25) is 0 Å². The molecule has 2 atom stereocenters. The fourth-order valence-corrected chi connectivity index (χ4v) is 5.32. The number of benzene rings is 3. The number of hydrogen-bond acceptors (Lipinski definition) is 4. The molecule has 0 aliphatic carbocycles. The quantitative estimate of drug-likeness (QED) is 0.357. The molecule has 3 aromatic carbocycles. The van der Waals surface area contributed by atoms with Crippen LogP contribution in [0.5, 0.6) is 0 Å². The van der Waals surface area contributed by atoms with E-state index in [1.165, 1.54) is 12.1 Å². The number of halogens is 2. The lowest BCUT2D eigenvalue weighted by Crippen LogP contribution is -2.54. The van der Waals surface area contributed by atoms with Crippen molar-refractivity contribution in [3.8, 4) is 0 Å². The van der Waals surface area contributed by atoms with E-state index in [0.29, 0.717) is 19.5 Å². The standard InChI is InChI=1S/C27H31F2NO3S/c1-2-3-19-25(26(31)27(28,29)34(32,33)24-17-11-6-12-18-24)30(20-22-13-7-4-8-14-22)21-23-15-9-5-10-16-23/h4-18,25-26,31H,2-3,19-21H2,1H3/t25-,26+/m1/s1. The van der Waals surface area contributed by atoms with Crippen LogP contribution in [0.25, 0.3) is 0 Å². The zero-order valence-electron chi connectivity index (χ0n) is 19.2. The Bertz CT molecular complexity index is 1070. The fourth-order valence-electron chi connectivity index (χ4n) is 4.02. The van der Waals surface area contributed by atoms with E-state index in [4.69, 9.17) is 0 Å². The van der Waals surface area contributed by atoms with Crippen LogP contribution in [0.3, 0.4) is 0 Å². The molecule has 4 nitrogen and oxygen atoms in total. The SMILES string of the molecule is CCCC[C@H]([C@H](O)C(F)(F)S(=O)(=O)c1ccccc1)N(Cc1ccccc1)Cc1ccccc1. The van der Waals surface area contributed by atoms with Gasteiger partial charge in [-0.05, 0) is 29.7 Å². The van der Waals surface area contributed by atoms with Crippen LogP contribution in [0, 0.1) is 0 Å². The minimum atomic E-state index is -5.10. The Morgan fingerprint density at radius 3 is 1.71 bits per heavy atom. The third-order valence-corrected chi connectivity index (χ3v) is 7.75. The second-order valence-corrected chi connectivity index (χ2v) is 10.4. The Labute approximate surface area is 200 Å². The van der Waals surface area contributed by atoms with E-state index in [0.717, 1.165) is 29.7 Å². The third kappa shape index (κ3) is 6.09. The van der Waals surface area contributed by atoms with Crippen molar-refractivity contribution in [3.05, 3.63) is 102 Å². The molecule has 0 bridgehead atoms. The van der Waals surface area contributed by atoms with Crippen LogP contribution >= 0.6 is 0 Å². The van der Waals surface area contributed by atoms with Crippen molar-refractivity contribution in [1.29, 1.82) is 0 Å². The molecule has 0 aliphatic heterocycles. The Morgan fingerprint density at radius 1 is 0.824 bits per heavy atom. The van der Waals surface area contributed by atoms with E-state index < -0.39 is 32.1 Å². The maximum atomic E-state index is 15.5. The second kappa shape index (κ2) is 11.7. The van der Waals surface area contributed by atoms with Gasteiger partial charge in [-0.2, -0.15) is 8.78 Å². The van der Waals surface area contributed by atoms with Crippen LogP contribution in [0.4, 0.5) is 8.78 Å². The topological polar surface area (TPSA) is 57.6 Å². The number of hydrogen-bond donors (Lipinski definition) is 1. The van der Waals surface area contributed by atoms with E-state index in [9.17, 15) is 13.5 Å². The predicted octanol–water partition coefficient (Wildman–Crippen LogP) is 5.68. The van der Waals surface area contributed by atoms with Gasteiger partial charge in [-0.15, -0.1) is 0 Å². The summed E-state index contributed by atoms with van der Waals surface area (Å²) in [6.45, 7) is 2.52. The second-order valence-electron chi connectivity index (χ2n) is 8.41. The summed E-state index contributed by atoms with van der Waals surface area (Å²) in [7, 11) is -5.10. The molecule has 3 aromatic rings. The van der Waals surface area contributed by atoms with Crippen LogP contribution in [0.15, 0.2) is 95.9 Å². The summed E-state index contributed by atoms with van der Waals surface area (Å²) in [5.74, 6) is 0. The van der Waals surface area contributed by atoms with Gasteiger partial charge in [0.05, 0.1) is 4.90 Å². The summed E-state index contributed by atoms with van der Waals surface area (Å²) in [5, 5.41) is 6.65. The highest BCUT2D eigenvalue weighted by Crippen LogP contribution is 2.36. The minimum Gasteiger partial charge on any atom is -0.384 e. The Morgan fingerprint density at radius 2 is 1.26 bits per heavy atom. The van der Waals surface area contributed by atoms with Gasteiger partial charge in [-0.3, -0.25) is 4.90 Å². The largest absolute Gasteiger partial charge is 0.384 e. The molecule has 0 radical (unpaired) electrons. The van der Waals surface area contributed by atoms with Gasteiger partial charge < -0.3 is 5.11 Å². The smallest absolute Gasteiger partial charge is 0.376 e. The molecule has 0 saturated carbocycles. The van der Waals surface area contributed by atoms with Gasteiger partial charge in [0.2, 0.25) is 9.84 Å². The monoisotopic (exact) mass is 487 g/mol. The summed E-state index contributed by atoms with van der Waals surface area (Å²) in [4.78, 5) is 1.25. The first kappa shape index (κ1) is 26.0. The molecule has 1 N–H and O–H groups in total. The summed E-state index contributed by atoms with van der Waals surface area (Å²) in [6.07, 6.45) is -0.873. The van der Waals surface area contributed by atoms with Gasteiger partial charge in [0, 0.05) is 19.1 Å². The number of unbranched alkanes of at least 4 members (excludes halogenated alkanes) is 1. The average Bonchev–Trinajstić information content (AvgIpc) is 2.85. The van der Waals surface area contributed by atoms with Crippen molar-refractivity contribution in [1.82, 2.24) is 4.90 Å². The molecule has 3 rings (SSSR count). The van der Waals surface area contributed by atoms with E-state index in [2.05, 4.69) is 0 Å². The molecule has 0 spiro atoms. The van der Waals surface area contributed by atoms with Crippen LogP contribution < -0.4 is 0 Å². The van der Waals surface area contributed by atoms with Crippen LogP contribution in [-0.4, -0.2) is 35.8 Å². The van der Waals surface area contributed by atoms with E-state index in [1.54, 1.807) is 11.0 Å². The molecule has 0 fully saturated rings. The zero-order chi connectivity index (χ0) is 24.6. The lowest BCUT2D eigenvalue weighted by atomic mass is 10.00. The minimum absolute atomic E-state index is 0.233. The summed E-state index contributed by atoms with van der Waals surface area (Å²) in [5.41, 5.74) is 1.78. The van der Waals surface area contributed by atoms with E-state index in [-0.39, 0.29) is 6.42 Å². The summed E-state index contributed by atoms with van der Waals surface area (Å²) < 4.78 is 56.8. The Balaban J connectivity index is 2.00.